The van der Waals surface area contributed by atoms with Crippen LogP contribution in [0.15, 0.2) is 30.3 Å². The van der Waals surface area contributed by atoms with Gasteiger partial charge >= 0.3 is 0 Å². The fraction of sp³-hybridized carbons (Fsp3) is 0.476. The van der Waals surface area contributed by atoms with Gasteiger partial charge in [-0.15, -0.1) is 0 Å². The van der Waals surface area contributed by atoms with E-state index in [0.717, 1.165) is 44.4 Å². The minimum atomic E-state index is 0.508. The number of benzene rings is 1. The molecule has 0 aliphatic carbocycles. The van der Waals surface area contributed by atoms with Crippen LogP contribution in [-0.2, 0) is 17.8 Å². The molecule has 0 saturated carbocycles. The van der Waals surface area contributed by atoms with Crippen LogP contribution in [0.2, 0.25) is 0 Å². The molecule has 0 radical (unpaired) electrons. The van der Waals surface area contributed by atoms with Crippen molar-refractivity contribution >= 4 is 34.9 Å². The molecule has 1 fully saturated rings. The van der Waals surface area contributed by atoms with Crippen LogP contribution in [0.1, 0.15) is 25.0 Å². The number of thiocarbonyl (C=S) groups is 1. The lowest BCUT2D eigenvalue weighted by molar-refractivity contribution is 0.122. The number of aromatic nitrogens is 2. The Morgan fingerprint density at radius 2 is 1.69 bits per heavy atom. The van der Waals surface area contributed by atoms with Crippen LogP contribution in [-0.4, -0.2) is 47.9 Å². The first-order chi connectivity index (χ1) is 14.1. The van der Waals surface area contributed by atoms with Crippen LogP contribution in [0.5, 0.6) is 0 Å². The van der Waals surface area contributed by atoms with Crippen molar-refractivity contribution in [3.63, 3.8) is 0 Å². The van der Waals surface area contributed by atoms with Gasteiger partial charge in [0, 0.05) is 38.8 Å². The molecule has 3 heterocycles. The van der Waals surface area contributed by atoms with Crippen molar-refractivity contribution in [3.8, 4) is 0 Å². The largest absolute Gasteiger partial charge is 0.378 e. The molecule has 0 amide bonds. The highest BCUT2D eigenvalue weighted by Crippen LogP contribution is 2.29. The zero-order valence-electron chi connectivity index (χ0n) is 17.0. The Balaban J connectivity index is 1.57. The number of hydrogen-bond acceptors (Lipinski definition) is 6. The van der Waals surface area contributed by atoms with Gasteiger partial charge in [-0.1, -0.05) is 38.1 Å². The summed E-state index contributed by atoms with van der Waals surface area (Å²) in [6.07, 6.45) is 0. The third-order valence-corrected chi connectivity index (χ3v) is 5.34. The Labute approximate surface area is 177 Å². The summed E-state index contributed by atoms with van der Waals surface area (Å²) in [5.74, 6) is 2.85. The molecule has 2 N–H and O–H groups in total. The van der Waals surface area contributed by atoms with E-state index in [4.69, 9.17) is 26.9 Å². The van der Waals surface area contributed by atoms with Gasteiger partial charge in [-0.2, -0.15) is 9.97 Å². The molecule has 2 aliphatic rings. The summed E-state index contributed by atoms with van der Waals surface area (Å²) in [5.41, 5.74) is 2.70. The SMILES string of the molecule is CC(C)CNC(=S)Nc1nc(N2CCOCC2)cc(N2Cc3ccccc3C2)n1. The Morgan fingerprint density at radius 3 is 2.31 bits per heavy atom. The van der Waals surface area contributed by atoms with E-state index in [9.17, 15) is 0 Å². The summed E-state index contributed by atoms with van der Waals surface area (Å²) in [6, 6.07) is 10.6. The highest BCUT2D eigenvalue weighted by Gasteiger charge is 2.23. The highest BCUT2D eigenvalue weighted by atomic mass is 32.1. The lowest BCUT2D eigenvalue weighted by atomic mass is 10.1. The predicted octanol–water partition coefficient (Wildman–Crippen LogP) is 2.78. The zero-order chi connectivity index (χ0) is 20.2. The first kappa shape index (κ1) is 19.8. The molecule has 1 aromatic carbocycles. The van der Waals surface area contributed by atoms with Crippen molar-refractivity contribution in [2.75, 3.05) is 48.0 Å². The third kappa shape index (κ3) is 4.94. The number of rotatable bonds is 5. The Kier molecular flexibility index (Phi) is 6.10. The average Bonchev–Trinajstić information content (AvgIpc) is 3.17. The van der Waals surface area contributed by atoms with Crippen molar-refractivity contribution in [2.45, 2.75) is 26.9 Å². The maximum atomic E-state index is 5.50. The van der Waals surface area contributed by atoms with E-state index in [-0.39, 0.29) is 0 Å². The van der Waals surface area contributed by atoms with Crippen molar-refractivity contribution in [1.82, 2.24) is 15.3 Å². The first-order valence-corrected chi connectivity index (χ1v) is 10.6. The van der Waals surface area contributed by atoms with Gasteiger partial charge in [0.05, 0.1) is 13.2 Å². The van der Waals surface area contributed by atoms with Crippen molar-refractivity contribution in [3.05, 3.63) is 41.5 Å². The molecule has 0 spiro atoms. The predicted molar refractivity (Wildman–Crippen MR) is 120 cm³/mol. The van der Waals surface area contributed by atoms with Crippen molar-refractivity contribution in [2.24, 2.45) is 5.92 Å². The van der Waals surface area contributed by atoms with Gasteiger partial charge in [0.15, 0.2) is 5.11 Å². The number of nitrogens with one attached hydrogen (secondary N) is 2. The Bertz CT molecular complexity index is 843. The number of anilines is 3. The van der Waals surface area contributed by atoms with E-state index in [2.05, 4.69) is 64.6 Å². The second-order valence-electron chi connectivity index (χ2n) is 7.86. The maximum Gasteiger partial charge on any atom is 0.232 e. The fourth-order valence-corrected chi connectivity index (χ4v) is 3.71. The van der Waals surface area contributed by atoms with E-state index in [1.165, 1.54) is 11.1 Å². The van der Waals surface area contributed by atoms with Crippen LogP contribution in [0.25, 0.3) is 0 Å². The molecule has 4 rings (SSSR count). The van der Waals surface area contributed by atoms with Crippen LogP contribution in [0.4, 0.5) is 17.6 Å². The molecular formula is C21H28N6OS. The smallest absolute Gasteiger partial charge is 0.232 e. The quantitative estimate of drug-likeness (QED) is 0.727. The minimum Gasteiger partial charge on any atom is -0.378 e. The molecule has 2 aromatic rings. The van der Waals surface area contributed by atoms with Gasteiger partial charge in [0.1, 0.15) is 11.6 Å². The Hall–Kier alpha value is -2.45. The number of ether oxygens (including phenoxy) is 1. The third-order valence-electron chi connectivity index (χ3n) is 5.10. The Morgan fingerprint density at radius 1 is 1.07 bits per heavy atom. The van der Waals surface area contributed by atoms with Gasteiger partial charge in [0.2, 0.25) is 5.95 Å². The van der Waals surface area contributed by atoms with E-state index in [1.54, 1.807) is 0 Å². The van der Waals surface area contributed by atoms with Crippen LogP contribution < -0.4 is 20.4 Å². The van der Waals surface area contributed by atoms with Crippen molar-refractivity contribution < 1.29 is 4.74 Å². The molecule has 0 unspecified atom stereocenters. The summed E-state index contributed by atoms with van der Waals surface area (Å²) in [7, 11) is 0. The molecule has 1 saturated heterocycles. The van der Waals surface area contributed by atoms with Crippen LogP contribution in [0.3, 0.4) is 0 Å². The molecule has 7 nitrogen and oxygen atoms in total. The molecule has 0 atom stereocenters. The van der Waals surface area contributed by atoms with Crippen LogP contribution >= 0.6 is 12.2 Å². The molecule has 1 aromatic heterocycles. The van der Waals surface area contributed by atoms with Gasteiger partial charge in [-0.05, 0) is 29.3 Å². The van der Waals surface area contributed by atoms with E-state index >= 15 is 0 Å². The maximum absolute atomic E-state index is 5.50. The topological polar surface area (TPSA) is 65.6 Å². The second-order valence-corrected chi connectivity index (χ2v) is 8.27. The zero-order valence-corrected chi connectivity index (χ0v) is 17.8. The minimum absolute atomic E-state index is 0.508. The first-order valence-electron chi connectivity index (χ1n) is 10.2. The molecule has 8 heteroatoms. The number of nitrogens with zero attached hydrogens (tertiary/aromatic N) is 4. The lowest BCUT2D eigenvalue weighted by Gasteiger charge is -2.29. The summed E-state index contributed by atoms with van der Waals surface area (Å²) in [4.78, 5) is 14.0. The monoisotopic (exact) mass is 412 g/mol. The summed E-state index contributed by atoms with van der Waals surface area (Å²) < 4.78 is 5.50. The number of morpholine rings is 1. The summed E-state index contributed by atoms with van der Waals surface area (Å²) in [5, 5.41) is 6.95. The van der Waals surface area contributed by atoms with Gasteiger partial charge in [-0.3, -0.25) is 0 Å². The highest BCUT2D eigenvalue weighted by molar-refractivity contribution is 7.80. The van der Waals surface area contributed by atoms with E-state index in [0.29, 0.717) is 30.2 Å². The standard InChI is InChI=1S/C21H28N6OS/c1-15(2)12-22-21(29)25-20-23-18(26-7-9-28-10-8-26)11-19(24-20)27-13-16-5-3-4-6-17(16)14-27/h3-6,11,15H,7-10,12-14H2,1-2H3,(H2,22,23,24,25,29). The molecular weight excluding hydrogens is 384 g/mol. The molecule has 29 heavy (non-hydrogen) atoms. The van der Waals surface area contributed by atoms with Crippen molar-refractivity contribution in [1.29, 1.82) is 0 Å². The van der Waals surface area contributed by atoms with Gasteiger partial charge in [-0.25, -0.2) is 0 Å². The number of hydrogen-bond donors (Lipinski definition) is 2. The van der Waals surface area contributed by atoms with E-state index < -0.39 is 0 Å². The summed E-state index contributed by atoms with van der Waals surface area (Å²) >= 11 is 5.44. The van der Waals surface area contributed by atoms with Crippen LogP contribution in [0, 0.1) is 5.92 Å². The van der Waals surface area contributed by atoms with E-state index in [1.807, 2.05) is 0 Å². The van der Waals surface area contributed by atoms with Gasteiger partial charge in [0.25, 0.3) is 0 Å². The average molecular weight is 413 g/mol. The normalized spacial score (nSPS) is 16.1. The second kappa shape index (κ2) is 8.92. The molecule has 2 aliphatic heterocycles. The fourth-order valence-electron chi connectivity index (χ4n) is 3.53. The molecule has 154 valence electrons. The van der Waals surface area contributed by atoms with Gasteiger partial charge < -0.3 is 25.2 Å². The lowest BCUT2D eigenvalue weighted by Crippen LogP contribution is -2.37. The number of fused-ring (bicyclic) bond motifs is 1. The molecule has 0 bridgehead atoms. The summed E-state index contributed by atoms with van der Waals surface area (Å²) in [6.45, 7) is 9.89.